The summed E-state index contributed by atoms with van der Waals surface area (Å²) in [6, 6.07) is 11.2. The van der Waals surface area contributed by atoms with Crippen LogP contribution in [0, 0.1) is 0 Å². The number of furan rings is 1. The second kappa shape index (κ2) is 10.8. The quantitative estimate of drug-likeness (QED) is 0.497. The fourth-order valence-corrected chi connectivity index (χ4v) is 2.55. The molecule has 27 heavy (non-hydrogen) atoms. The molecular formula is C20H26N4O3. The van der Waals surface area contributed by atoms with Crippen molar-refractivity contribution < 1.29 is 14.0 Å². The molecule has 2 rings (SSSR count). The lowest BCUT2D eigenvalue weighted by molar-refractivity contribution is -0.120. The first-order chi connectivity index (χ1) is 13.1. The van der Waals surface area contributed by atoms with E-state index in [9.17, 15) is 9.59 Å². The highest BCUT2D eigenvalue weighted by atomic mass is 16.3. The second-order valence-corrected chi connectivity index (χ2v) is 6.03. The zero-order valence-electron chi connectivity index (χ0n) is 15.8. The summed E-state index contributed by atoms with van der Waals surface area (Å²) >= 11 is 0. The maximum Gasteiger partial charge on any atom is 0.287 e. The summed E-state index contributed by atoms with van der Waals surface area (Å²) in [6.07, 6.45) is 5.17. The third kappa shape index (κ3) is 6.62. The van der Waals surface area contributed by atoms with Crippen LogP contribution in [0.5, 0.6) is 0 Å². The van der Waals surface area contributed by atoms with Crippen molar-refractivity contribution in [3.63, 3.8) is 0 Å². The van der Waals surface area contributed by atoms with E-state index in [4.69, 9.17) is 4.42 Å². The number of rotatable bonds is 10. The maximum absolute atomic E-state index is 11.7. The Labute approximate surface area is 159 Å². The number of hydrogen-bond acceptors (Lipinski definition) is 5. The van der Waals surface area contributed by atoms with Crippen molar-refractivity contribution in [1.29, 1.82) is 0 Å². The fraction of sp³-hybridized carbons (Fsp3) is 0.350. The Hall–Kier alpha value is -3.09. The lowest BCUT2D eigenvalue weighted by Crippen LogP contribution is -2.34. The van der Waals surface area contributed by atoms with Crippen LogP contribution in [0.1, 0.15) is 42.8 Å². The number of carbonyl (C=O) groups excluding carboxylic acids is 2. The first-order valence-corrected chi connectivity index (χ1v) is 9.12. The number of nitrogens with zero attached hydrogens (tertiary/aromatic N) is 2. The average molecular weight is 370 g/mol. The third-order valence-electron chi connectivity index (χ3n) is 3.80. The molecule has 2 amide bonds. The monoisotopic (exact) mass is 370 g/mol. The van der Waals surface area contributed by atoms with E-state index in [1.807, 2.05) is 12.1 Å². The van der Waals surface area contributed by atoms with Gasteiger partial charge in [0.2, 0.25) is 0 Å². The molecule has 1 heterocycles. The van der Waals surface area contributed by atoms with Crippen molar-refractivity contribution in [2.24, 2.45) is 5.10 Å². The van der Waals surface area contributed by atoms with E-state index in [0.29, 0.717) is 0 Å². The Morgan fingerprint density at radius 2 is 1.81 bits per heavy atom. The number of benzene rings is 1. The Morgan fingerprint density at radius 1 is 1.11 bits per heavy atom. The van der Waals surface area contributed by atoms with E-state index in [1.165, 1.54) is 18.0 Å². The van der Waals surface area contributed by atoms with Crippen molar-refractivity contribution in [2.75, 3.05) is 24.5 Å². The Morgan fingerprint density at radius 3 is 2.41 bits per heavy atom. The molecule has 0 atom stereocenters. The number of amides is 2. The molecule has 0 bridgehead atoms. The first kappa shape index (κ1) is 20.2. The van der Waals surface area contributed by atoms with Gasteiger partial charge in [-0.05, 0) is 42.7 Å². The van der Waals surface area contributed by atoms with Crippen LogP contribution >= 0.6 is 0 Å². The van der Waals surface area contributed by atoms with Gasteiger partial charge < -0.3 is 14.6 Å². The number of hydrogen-bond donors (Lipinski definition) is 2. The molecule has 144 valence electrons. The molecule has 2 N–H and O–H groups in total. The summed E-state index contributed by atoms with van der Waals surface area (Å²) in [4.78, 5) is 25.7. The molecule has 0 unspecified atom stereocenters. The van der Waals surface area contributed by atoms with Gasteiger partial charge in [0.25, 0.3) is 11.8 Å². The van der Waals surface area contributed by atoms with Crippen LogP contribution in [-0.2, 0) is 4.79 Å². The highest BCUT2D eigenvalue weighted by molar-refractivity contribution is 5.94. The van der Waals surface area contributed by atoms with Gasteiger partial charge in [0.05, 0.1) is 19.0 Å². The summed E-state index contributed by atoms with van der Waals surface area (Å²) < 4.78 is 4.95. The van der Waals surface area contributed by atoms with Gasteiger partial charge in [0.15, 0.2) is 5.76 Å². The number of anilines is 1. The topological polar surface area (TPSA) is 86.9 Å². The molecule has 0 saturated carbocycles. The molecule has 7 nitrogen and oxygen atoms in total. The molecule has 7 heteroatoms. The molecule has 0 aliphatic carbocycles. The fourth-order valence-electron chi connectivity index (χ4n) is 2.55. The highest BCUT2D eigenvalue weighted by Crippen LogP contribution is 2.15. The van der Waals surface area contributed by atoms with E-state index in [0.717, 1.165) is 31.5 Å². The summed E-state index contributed by atoms with van der Waals surface area (Å²) in [5, 5.41) is 6.37. The van der Waals surface area contributed by atoms with Gasteiger partial charge in [-0.3, -0.25) is 9.59 Å². The van der Waals surface area contributed by atoms with Crippen LogP contribution in [0.3, 0.4) is 0 Å². The van der Waals surface area contributed by atoms with Crippen molar-refractivity contribution in [2.45, 2.75) is 26.7 Å². The van der Waals surface area contributed by atoms with E-state index in [-0.39, 0.29) is 12.3 Å². The zero-order chi connectivity index (χ0) is 19.5. The summed E-state index contributed by atoms with van der Waals surface area (Å²) in [5.41, 5.74) is 4.45. The zero-order valence-corrected chi connectivity index (χ0v) is 15.8. The summed E-state index contributed by atoms with van der Waals surface area (Å²) in [5.74, 6) is -0.704. The van der Waals surface area contributed by atoms with Crippen LogP contribution in [0.15, 0.2) is 52.2 Å². The smallest absolute Gasteiger partial charge is 0.287 e. The van der Waals surface area contributed by atoms with Gasteiger partial charge in [0, 0.05) is 18.8 Å². The van der Waals surface area contributed by atoms with Crippen molar-refractivity contribution in [3.8, 4) is 0 Å². The largest absolute Gasteiger partial charge is 0.459 e. The SMILES string of the molecule is CCCN(CCC)c1ccc(C=NNC(=O)CNC(=O)c2ccco2)cc1. The van der Waals surface area contributed by atoms with Gasteiger partial charge in [-0.1, -0.05) is 26.0 Å². The third-order valence-corrected chi connectivity index (χ3v) is 3.80. The second-order valence-electron chi connectivity index (χ2n) is 6.03. The van der Waals surface area contributed by atoms with Gasteiger partial charge in [-0.25, -0.2) is 5.43 Å². The molecule has 0 radical (unpaired) electrons. The molecule has 0 aliphatic rings. The standard InChI is InChI=1S/C20H26N4O3/c1-3-11-24(12-4-2)17-9-7-16(8-10-17)14-22-23-19(25)15-21-20(26)18-6-5-13-27-18/h5-10,13-14H,3-4,11-12,15H2,1-2H3,(H,21,26)(H,23,25). The van der Waals surface area contributed by atoms with E-state index >= 15 is 0 Å². The minimum atomic E-state index is -0.446. The van der Waals surface area contributed by atoms with Crippen LogP contribution in [0.4, 0.5) is 5.69 Å². The van der Waals surface area contributed by atoms with Crippen molar-refractivity contribution in [1.82, 2.24) is 10.7 Å². The lowest BCUT2D eigenvalue weighted by Gasteiger charge is -2.23. The van der Waals surface area contributed by atoms with Gasteiger partial charge >= 0.3 is 0 Å². The molecular weight excluding hydrogens is 344 g/mol. The van der Waals surface area contributed by atoms with Crippen molar-refractivity contribution in [3.05, 3.63) is 54.0 Å². The highest BCUT2D eigenvalue weighted by Gasteiger charge is 2.09. The molecule has 0 aliphatic heterocycles. The first-order valence-electron chi connectivity index (χ1n) is 9.12. The predicted octanol–water partition coefficient (Wildman–Crippen LogP) is 2.79. The summed E-state index contributed by atoms with van der Waals surface area (Å²) in [7, 11) is 0. The van der Waals surface area contributed by atoms with Gasteiger partial charge in [-0.2, -0.15) is 5.10 Å². The van der Waals surface area contributed by atoms with Crippen molar-refractivity contribution >= 4 is 23.7 Å². The van der Waals surface area contributed by atoms with Gasteiger partial charge in [-0.15, -0.1) is 0 Å². The number of carbonyl (C=O) groups is 2. The summed E-state index contributed by atoms with van der Waals surface area (Å²) in [6.45, 7) is 6.22. The lowest BCUT2D eigenvalue weighted by atomic mass is 10.2. The van der Waals surface area contributed by atoms with Crippen LogP contribution in [0.25, 0.3) is 0 Å². The Balaban J connectivity index is 1.79. The molecule has 2 aromatic rings. The Bertz CT molecular complexity index is 733. The molecule has 0 fully saturated rings. The van der Waals surface area contributed by atoms with E-state index in [2.05, 4.69) is 46.7 Å². The molecule has 1 aromatic carbocycles. The predicted molar refractivity (Wildman–Crippen MR) is 106 cm³/mol. The molecule has 1 aromatic heterocycles. The van der Waals surface area contributed by atoms with Crippen LogP contribution in [-0.4, -0.2) is 37.7 Å². The van der Waals surface area contributed by atoms with Crippen LogP contribution < -0.4 is 15.6 Å². The number of nitrogens with one attached hydrogen (secondary N) is 2. The van der Waals surface area contributed by atoms with Crippen LogP contribution in [0.2, 0.25) is 0 Å². The maximum atomic E-state index is 11.7. The minimum absolute atomic E-state index is 0.159. The number of hydrazone groups is 1. The molecule has 0 saturated heterocycles. The minimum Gasteiger partial charge on any atom is -0.459 e. The van der Waals surface area contributed by atoms with E-state index in [1.54, 1.807) is 12.3 Å². The van der Waals surface area contributed by atoms with Gasteiger partial charge in [0.1, 0.15) is 0 Å². The Kier molecular flexibility index (Phi) is 8.09. The van der Waals surface area contributed by atoms with E-state index < -0.39 is 11.8 Å². The average Bonchev–Trinajstić information content (AvgIpc) is 3.21. The normalized spacial score (nSPS) is 10.7. The molecule has 0 spiro atoms.